The van der Waals surface area contributed by atoms with Crippen molar-refractivity contribution in [2.24, 2.45) is 5.92 Å². The number of rotatable bonds is 7. The number of urea groups is 1. The lowest BCUT2D eigenvalue weighted by atomic mass is 10.0. The normalized spacial score (nSPS) is 17.6. The highest BCUT2D eigenvalue weighted by Gasteiger charge is 2.31. The number of nitrogens with one attached hydrogen (secondary N) is 2. The molecule has 1 fully saturated rings. The maximum atomic E-state index is 11.9. The molecule has 3 N–H and O–H groups in total. The minimum atomic E-state index is -0.428. The first-order valence-corrected chi connectivity index (χ1v) is 7.53. The van der Waals surface area contributed by atoms with E-state index in [0.717, 1.165) is 18.7 Å². The number of hydrogen-bond acceptors (Lipinski definition) is 5. The van der Waals surface area contributed by atoms with Gasteiger partial charge in [-0.3, -0.25) is 0 Å². The first-order chi connectivity index (χ1) is 9.97. The van der Waals surface area contributed by atoms with Crippen LogP contribution in [0.3, 0.4) is 0 Å². The quantitative estimate of drug-likeness (QED) is 0.711. The molecule has 0 spiro atoms. The second-order valence-electron chi connectivity index (χ2n) is 6.02. The van der Waals surface area contributed by atoms with Crippen molar-refractivity contribution in [2.45, 2.75) is 58.1 Å². The monoisotopic (exact) mass is 296 g/mol. The van der Waals surface area contributed by atoms with Gasteiger partial charge in [0.05, 0.1) is 6.10 Å². The molecule has 0 aromatic carbocycles. The van der Waals surface area contributed by atoms with Gasteiger partial charge in [0.2, 0.25) is 5.89 Å². The molecule has 7 heteroatoms. The summed E-state index contributed by atoms with van der Waals surface area (Å²) in [6.07, 6.45) is 2.31. The summed E-state index contributed by atoms with van der Waals surface area (Å²) in [5.41, 5.74) is 0. The first kappa shape index (κ1) is 15.8. The number of aliphatic hydroxyl groups is 1. The molecule has 1 saturated carbocycles. The molecule has 2 unspecified atom stereocenters. The van der Waals surface area contributed by atoms with Crippen molar-refractivity contribution >= 4 is 6.03 Å². The lowest BCUT2D eigenvalue weighted by molar-refractivity contribution is 0.182. The lowest BCUT2D eigenvalue weighted by Crippen LogP contribution is -2.40. The van der Waals surface area contributed by atoms with Crippen LogP contribution >= 0.6 is 0 Å². The van der Waals surface area contributed by atoms with Crippen LogP contribution in [0.5, 0.6) is 0 Å². The summed E-state index contributed by atoms with van der Waals surface area (Å²) in [6, 6.07) is -0.600. The van der Waals surface area contributed by atoms with Gasteiger partial charge in [-0.2, -0.15) is 4.98 Å². The van der Waals surface area contributed by atoms with Crippen LogP contribution in [-0.2, 0) is 0 Å². The number of carbonyl (C=O) groups excluding carboxylic acids is 1. The summed E-state index contributed by atoms with van der Waals surface area (Å²) in [5.74, 6) is 1.76. The zero-order valence-corrected chi connectivity index (χ0v) is 12.8. The third-order valence-electron chi connectivity index (χ3n) is 3.47. The fourth-order valence-corrected chi connectivity index (χ4v) is 1.98. The van der Waals surface area contributed by atoms with E-state index in [1.54, 1.807) is 6.92 Å². The minimum Gasteiger partial charge on any atom is -0.393 e. The number of nitrogens with zero attached hydrogens (tertiary/aromatic N) is 2. The van der Waals surface area contributed by atoms with E-state index in [1.807, 2.05) is 13.8 Å². The summed E-state index contributed by atoms with van der Waals surface area (Å²) in [7, 11) is 0. The second kappa shape index (κ2) is 6.89. The van der Waals surface area contributed by atoms with Crippen LogP contribution in [0.1, 0.15) is 63.7 Å². The van der Waals surface area contributed by atoms with Crippen molar-refractivity contribution in [3.63, 3.8) is 0 Å². The van der Waals surface area contributed by atoms with Crippen LogP contribution in [0.25, 0.3) is 0 Å². The van der Waals surface area contributed by atoms with E-state index in [1.165, 1.54) is 0 Å². The van der Waals surface area contributed by atoms with E-state index in [2.05, 4.69) is 20.8 Å². The van der Waals surface area contributed by atoms with E-state index in [0.29, 0.717) is 24.8 Å². The predicted octanol–water partition coefficient (Wildman–Crippen LogP) is 1.71. The first-order valence-electron chi connectivity index (χ1n) is 7.53. The molecule has 2 atom stereocenters. The second-order valence-corrected chi connectivity index (χ2v) is 6.02. The topological polar surface area (TPSA) is 100 Å². The molecule has 0 radical (unpaired) electrons. The van der Waals surface area contributed by atoms with Gasteiger partial charge in [-0.25, -0.2) is 4.79 Å². The van der Waals surface area contributed by atoms with Crippen LogP contribution in [0.15, 0.2) is 4.52 Å². The summed E-state index contributed by atoms with van der Waals surface area (Å²) < 4.78 is 5.29. The van der Waals surface area contributed by atoms with Crippen molar-refractivity contribution in [2.75, 3.05) is 6.54 Å². The molecule has 2 amide bonds. The summed E-state index contributed by atoms with van der Waals surface area (Å²) in [5, 5.41) is 18.7. The van der Waals surface area contributed by atoms with Gasteiger partial charge in [0, 0.05) is 12.5 Å². The molecule has 1 aliphatic carbocycles. The van der Waals surface area contributed by atoms with Crippen molar-refractivity contribution in [1.29, 1.82) is 0 Å². The highest BCUT2D eigenvalue weighted by molar-refractivity contribution is 5.74. The Morgan fingerprint density at radius 3 is 2.71 bits per heavy atom. The maximum absolute atomic E-state index is 11.9. The molecule has 1 aromatic rings. The van der Waals surface area contributed by atoms with Crippen LogP contribution in [0.4, 0.5) is 4.79 Å². The number of amides is 2. The van der Waals surface area contributed by atoms with Crippen LogP contribution < -0.4 is 10.6 Å². The molecular formula is C14H24N4O3. The number of aliphatic hydroxyl groups excluding tert-OH is 1. The molecule has 1 aliphatic rings. The van der Waals surface area contributed by atoms with Crippen molar-refractivity contribution in [3.05, 3.63) is 11.7 Å². The zero-order valence-electron chi connectivity index (χ0n) is 12.8. The van der Waals surface area contributed by atoms with Crippen molar-refractivity contribution in [3.8, 4) is 0 Å². The average Bonchev–Trinajstić information content (AvgIpc) is 3.14. The fraction of sp³-hybridized carbons (Fsp3) is 0.786. The standard InChI is InChI=1S/C14H24N4O3/c1-8(2)11(16-14(20)15-7-6-9(3)19)13-17-12(18-21-13)10-4-5-10/h8-11,19H,4-7H2,1-3H3,(H2,15,16,20). The van der Waals surface area contributed by atoms with E-state index in [4.69, 9.17) is 9.63 Å². The van der Waals surface area contributed by atoms with Gasteiger partial charge >= 0.3 is 6.03 Å². The Hall–Kier alpha value is -1.63. The largest absolute Gasteiger partial charge is 0.393 e. The predicted molar refractivity (Wildman–Crippen MR) is 76.7 cm³/mol. The Labute approximate surface area is 124 Å². The van der Waals surface area contributed by atoms with E-state index in [9.17, 15) is 4.79 Å². The Morgan fingerprint density at radius 1 is 1.43 bits per heavy atom. The van der Waals surface area contributed by atoms with Gasteiger partial charge in [0.25, 0.3) is 0 Å². The highest BCUT2D eigenvalue weighted by Crippen LogP contribution is 2.38. The minimum absolute atomic E-state index is 0.139. The van der Waals surface area contributed by atoms with Crippen LogP contribution in [0.2, 0.25) is 0 Å². The molecule has 0 saturated heterocycles. The average molecular weight is 296 g/mol. The van der Waals surface area contributed by atoms with Crippen LogP contribution in [-0.4, -0.2) is 33.9 Å². The summed E-state index contributed by atoms with van der Waals surface area (Å²) in [4.78, 5) is 16.3. The molecule has 1 heterocycles. The third kappa shape index (κ3) is 4.70. The summed E-state index contributed by atoms with van der Waals surface area (Å²) in [6.45, 7) is 6.09. The third-order valence-corrected chi connectivity index (χ3v) is 3.47. The molecule has 118 valence electrons. The van der Waals surface area contributed by atoms with Gasteiger partial charge in [-0.15, -0.1) is 0 Å². The molecule has 0 bridgehead atoms. The van der Waals surface area contributed by atoms with Crippen LogP contribution in [0, 0.1) is 5.92 Å². The van der Waals surface area contributed by atoms with Crippen molar-refractivity contribution < 1.29 is 14.4 Å². The maximum Gasteiger partial charge on any atom is 0.315 e. The summed E-state index contributed by atoms with van der Waals surface area (Å²) >= 11 is 0. The Morgan fingerprint density at radius 2 is 2.14 bits per heavy atom. The zero-order chi connectivity index (χ0) is 15.4. The number of aromatic nitrogens is 2. The van der Waals surface area contributed by atoms with Crippen molar-refractivity contribution in [1.82, 2.24) is 20.8 Å². The Balaban J connectivity index is 1.90. The van der Waals surface area contributed by atoms with Gasteiger partial charge < -0.3 is 20.3 Å². The lowest BCUT2D eigenvalue weighted by Gasteiger charge is -2.19. The van der Waals surface area contributed by atoms with E-state index < -0.39 is 6.10 Å². The number of hydrogen-bond donors (Lipinski definition) is 3. The molecule has 21 heavy (non-hydrogen) atoms. The van der Waals surface area contributed by atoms with Gasteiger partial charge in [-0.1, -0.05) is 19.0 Å². The molecule has 2 rings (SSSR count). The van der Waals surface area contributed by atoms with E-state index in [-0.39, 0.29) is 18.0 Å². The SMILES string of the molecule is CC(O)CCNC(=O)NC(c1nc(C2CC2)no1)C(C)C. The highest BCUT2D eigenvalue weighted by atomic mass is 16.5. The van der Waals surface area contributed by atoms with E-state index >= 15 is 0 Å². The molecule has 0 aliphatic heterocycles. The van der Waals surface area contributed by atoms with Gasteiger partial charge in [0.15, 0.2) is 5.82 Å². The molecular weight excluding hydrogens is 272 g/mol. The van der Waals surface area contributed by atoms with Gasteiger partial charge in [-0.05, 0) is 32.1 Å². The molecule has 7 nitrogen and oxygen atoms in total. The van der Waals surface area contributed by atoms with Gasteiger partial charge in [0.1, 0.15) is 6.04 Å². The Bertz CT molecular complexity index is 469. The molecule has 1 aromatic heterocycles. The smallest absolute Gasteiger partial charge is 0.315 e. The Kier molecular flexibility index (Phi) is 5.17. The number of carbonyl (C=O) groups is 1. The fourth-order valence-electron chi connectivity index (χ4n) is 1.98.